The fourth-order valence-corrected chi connectivity index (χ4v) is 4.12. The Balaban J connectivity index is 1.49. The molecule has 2 N–H and O–H groups in total. The summed E-state index contributed by atoms with van der Waals surface area (Å²) in [6, 6.07) is 14.6. The Morgan fingerprint density at radius 3 is 2.73 bits per heavy atom. The maximum atomic E-state index is 11.8. The summed E-state index contributed by atoms with van der Waals surface area (Å²) in [5.41, 5.74) is 4.40. The molecule has 0 spiro atoms. The van der Waals surface area contributed by atoms with Crippen LogP contribution in [0.4, 0.5) is 17.3 Å². The van der Waals surface area contributed by atoms with Crippen LogP contribution in [0, 0.1) is 0 Å². The molecule has 1 aliphatic heterocycles. The zero-order chi connectivity index (χ0) is 21.1. The van der Waals surface area contributed by atoms with E-state index in [9.17, 15) is 13.2 Å². The number of aromatic nitrogens is 2. The van der Waals surface area contributed by atoms with Gasteiger partial charge in [0.15, 0.2) is 9.84 Å². The maximum Gasteiger partial charge on any atom is 0.227 e. The maximum absolute atomic E-state index is 11.8. The number of sulfone groups is 1. The largest absolute Gasteiger partial charge is 0.324 e. The Morgan fingerprint density at radius 2 is 1.90 bits per heavy atom. The lowest BCUT2D eigenvalue weighted by Gasteiger charge is -2.20. The molecule has 1 amide bonds. The molecule has 1 aliphatic rings. The number of anilines is 3. The number of hydrogen-bond acceptors (Lipinski definition) is 6. The molecule has 0 radical (unpaired) electrons. The summed E-state index contributed by atoms with van der Waals surface area (Å²) in [7, 11) is -3.23. The Labute approximate surface area is 175 Å². The highest BCUT2D eigenvalue weighted by molar-refractivity contribution is 7.90. The second-order valence-electron chi connectivity index (χ2n) is 7.30. The number of para-hydroxylation sites is 1. The lowest BCUT2D eigenvalue weighted by Crippen LogP contribution is -2.20. The lowest BCUT2D eigenvalue weighted by molar-refractivity contribution is -0.116. The number of nitrogens with zero attached hydrogens (tertiary/aromatic N) is 2. The van der Waals surface area contributed by atoms with E-state index in [1.807, 2.05) is 30.3 Å². The molecule has 154 valence electrons. The summed E-state index contributed by atoms with van der Waals surface area (Å²) in [4.78, 5) is 21.0. The molecule has 0 unspecified atom stereocenters. The second kappa shape index (κ2) is 8.23. The van der Waals surface area contributed by atoms with Gasteiger partial charge in [0.1, 0.15) is 0 Å². The third-order valence-corrected chi connectivity index (χ3v) is 6.10. The Kier molecular flexibility index (Phi) is 5.50. The van der Waals surface area contributed by atoms with Gasteiger partial charge in [-0.3, -0.25) is 4.79 Å². The molecular weight excluding hydrogens is 400 g/mol. The van der Waals surface area contributed by atoms with Crippen molar-refractivity contribution in [2.24, 2.45) is 0 Å². The zero-order valence-corrected chi connectivity index (χ0v) is 17.4. The number of fused-ring (bicyclic) bond motifs is 1. The number of benzene rings is 2. The first kappa shape index (κ1) is 20.0. The molecule has 4 rings (SSSR count). The average Bonchev–Trinajstić information content (AvgIpc) is 2.73. The third kappa shape index (κ3) is 4.65. The molecule has 0 bridgehead atoms. The molecule has 0 aliphatic carbocycles. The topological polar surface area (TPSA) is 101 Å². The predicted octanol–water partition coefficient (Wildman–Crippen LogP) is 3.29. The lowest BCUT2D eigenvalue weighted by atomic mass is 10.0. The van der Waals surface area contributed by atoms with Crippen molar-refractivity contribution in [3.63, 3.8) is 0 Å². The van der Waals surface area contributed by atoms with Crippen LogP contribution in [0.15, 0.2) is 59.6 Å². The van der Waals surface area contributed by atoms with Crippen molar-refractivity contribution in [3.8, 4) is 0 Å². The van der Waals surface area contributed by atoms with Crippen LogP contribution in [0.1, 0.15) is 23.2 Å². The molecule has 7 nitrogen and oxygen atoms in total. The molecule has 2 heterocycles. The van der Waals surface area contributed by atoms with Crippen molar-refractivity contribution in [3.05, 3.63) is 71.5 Å². The van der Waals surface area contributed by atoms with E-state index >= 15 is 0 Å². The van der Waals surface area contributed by atoms with Gasteiger partial charge in [-0.2, -0.15) is 0 Å². The van der Waals surface area contributed by atoms with Crippen LogP contribution in [-0.2, 0) is 33.9 Å². The fraction of sp³-hybridized carbons (Fsp3) is 0.227. The highest BCUT2D eigenvalue weighted by Gasteiger charge is 2.18. The summed E-state index contributed by atoms with van der Waals surface area (Å²) < 4.78 is 23.5. The van der Waals surface area contributed by atoms with Gasteiger partial charge in [-0.05, 0) is 54.7 Å². The first-order valence-corrected chi connectivity index (χ1v) is 11.6. The van der Waals surface area contributed by atoms with Gasteiger partial charge in [-0.1, -0.05) is 24.3 Å². The van der Waals surface area contributed by atoms with Gasteiger partial charge in [-0.15, -0.1) is 0 Å². The molecule has 1 aromatic heterocycles. The first-order valence-electron chi connectivity index (χ1n) is 9.68. The summed E-state index contributed by atoms with van der Waals surface area (Å²) in [5.74, 6) is 0.452. The first-order chi connectivity index (χ1) is 14.4. The van der Waals surface area contributed by atoms with E-state index < -0.39 is 9.84 Å². The van der Waals surface area contributed by atoms with E-state index in [0.717, 1.165) is 28.2 Å². The number of rotatable bonds is 6. The van der Waals surface area contributed by atoms with E-state index in [0.29, 0.717) is 36.5 Å². The molecule has 0 saturated heterocycles. The van der Waals surface area contributed by atoms with Crippen LogP contribution in [0.3, 0.4) is 0 Å². The van der Waals surface area contributed by atoms with Gasteiger partial charge in [0.05, 0.1) is 16.3 Å². The van der Waals surface area contributed by atoms with Crippen LogP contribution >= 0.6 is 0 Å². The van der Waals surface area contributed by atoms with E-state index in [1.165, 1.54) is 6.26 Å². The summed E-state index contributed by atoms with van der Waals surface area (Å²) in [5, 5.41) is 6.13. The monoisotopic (exact) mass is 422 g/mol. The molecule has 8 heteroatoms. The number of aryl methyl sites for hydroxylation is 3. The van der Waals surface area contributed by atoms with Crippen LogP contribution < -0.4 is 10.6 Å². The standard InChI is InChI=1S/C22H22N4O3S/c1-30(28,29)18-6-2-4-15(14-18)8-10-17-12-13-23-22(24-17)25-19-7-3-5-16-9-11-20(27)26-21(16)19/h2-7,12-14H,8-11H2,1H3,(H,26,27)(H,23,24,25). The summed E-state index contributed by atoms with van der Waals surface area (Å²) >= 11 is 0. The SMILES string of the molecule is CS(=O)(=O)c1cccc(CCc2ccnc(Nc3cccc4c3NC(=O)CC4)n2)c1. The number of hydrogen-bond donors (Lipinski definition) is 2. The molecule has 3 aromatic rings. The molecule has 0 saturated carbocycles. The Hall–Kier alpha value is -3.26. The molecule has 30 heavy (non-hydrogen) atoms. The van der Waals surface area contributed by atoms with E-state index in [1.54, 1.807) is 24.4 Å². The van der Waals surface area contributed by atoms with Gasteiger partial charge < -0.3 is 10.6 Å². The molecular formula is C22H22N4O3S. The minimum atomic E-state index is -3.23. The van der Waals surface area contributed by atoms with Crippen molar-refractivity contribution in [1.82, 2.24) is 9.97 Å². The molecule has 0 atom stereocenters. The zero-order valence-electron chi connectivity index (χ0n) is 16.6. The quantitative estimate of drug-likeness (QED) is 0.632. The van der Waals surface area contributed by atoms with E-state index in [-0.39, 0.29) is 5.91 Å². The van der Waals surface area contributed by atoms with Gasteiger partial charge in [0.2, 0.25) is 11.9 Å². The van der Waals surface area contributed by atoms with Crippen LogP contribution in [0.25, 0.3) is 0 Å². The third-order valence-electron chi connectivity index (χ3n) is 4.99. The Bertz CT molecular complexity index is 1210. The smallest absolute Gasteiger partial charge is 0.227 e. The number of carbonyl (C=O) groups is 1. The van der Waals surface area contributed by atoms with Crippen LogP contribution in [0.2, 0.25) is 0 Å². The van der Waals surface area contributed by atoms with Gasteiger partial charge in [0.25, 0.3) is 0 Å². The molecule has 2 aromatic carbocycles. The van der Waals surface area contributed by atoms with Gasteiger partial charge in [0, 0.05) is 24.6 Å². The Morgan fingerprint density at radius 1 is 1.07 bits per heavy atom. The van der Waals surface area contributed by atoms with Crippen molar-refractivity contribution in [1.29, 1.82) is 0 Å². The fourth-order valence-electron chi connectivity index (χ4n) is 3.43. The minimum Gasteiger partial charge on any atom is -0.324 e. The number of nitrogens with one attached hydrogen (secondary N) is 2. The van der Waals surface area contributed by atoms with E-state index in [2.05, 4.69) is 20.6 Å². The average molecular weight is 423 g/mol. The van der Waals surface area contributed by atoms with Gasteiger partial charge in [-0.25, -0.2) is 18.4 Å². The summed E-state index contributed by atoms with van der Waals surface area (Å²) in [6.07, 6.45) is 5.41. The normalized spacial score (nSPS) is 13.4. The minimum absolute atomic E-state index is 0.00254. The van der Waals surface area contributed by atoms with Crippen LogP contribution in [0.5, 0.6) is 0 Å². The second-order valence-corrected chi connectivity index (χ2v) is 9.32. The van der Waals surface area contributed by atoms with Crippen molar-refractivity contribution in [2.45, 2.75) is 30.6 Å². The van der Waals surface area contributed by atoms with Gasteiger partial charge >= 0.3 is 0 Å². The summed E-state index contributed by atoms with van der Waals surface area (Å²) in [6.45, 7) is 0. The highest BCUT2D eigenvalue weighted by atomic mass is 32.2. The number of amides is 1. The van der Waals surface area contributed by atoms with Crippen molar-refractivity contribution >= 4 is 33.1 Å². The predicted molar refractivity (Wildman–Crippen MR) is 116 cm³/mol. The van der Waals surface area contributed by atoms with Crippen molar-refractivity contribution in [2.75, 3.05) is 16.9 Å². The highest BCUT2D eigenvalue weighted by Crippen LogP contribution is 2.31. The molecule has 0 fully saturated rings. The van der Waals surface area contributed by atoms with Crippen molar-refractivity contribution < 1.29 is 13.2 Å². The van der Waals surface area contributed by atoms with E-state index in [4.69, 9.17) is 0 Å². The number of carbonyl (C=O) groups excluding carboxylic acids is 1. The van der Waals surface area contributed by atoms with Crippen LogP contribution in [-0.4, -0.2) is 30.5 Å².